The Labute approximate surface area is 127 Å². The third-order valence-electron chi connectivity index (χ3n) is 2.71. The molecule has 0 saturated carbocycles. The molecule has 21 heavy (non-hydrogen) atoms. The maximum absolute atomic E-state index is 6.14. The first-order valence-electron chi connectivity index (χ1n) is 6.97. The zero-order valence-corrected chi connectivity index (χ0v) is 14.2. The van der Waals surface area contributed by atoms with E-state index in [2.05, 4.69) is 41.5 Å². The highest BCUT2D eigenvalue weighted by Crippen LogP contribution is 2.31. The van der Waals surface area contributed by atoms with E-state index in [0.29, 0.717) is 5.82 Å². The molecule has 1 heterocycles. The molecule has 2 aromatic rings. The number of hydrogen-bond acceptors (Lipinski definition) is 4. The van der Waals surface area contributed by atoms with Gasteiger partial charge in [0.15, 0.2) is 5.82 Å². The van der Waals surface area contributed by atoms with Crippen LogP contribution >= 0.6 is 0 Å². The van der Waals surface area contributed by atoms with Crippen molar-refractivity contribution in [2.75, 3.05) is 0 Å². The van der Waals surface area contributed by atoms with Gasteiger partial charge in [-0.25, -0.2) is 15.0 Å². The molecule has 0 spiro atoms. The lowest BCUT2D eigenvalue weighted by Gasteiger charge is -2.21. The Bertz CT molecular complexity index is 648. The summed E-state index contributed by atoms with van der Waals surface area (Å²) in [7, 11) is -1.68. The average molecular weight is 299 g/mol. The number of aryl methyl sites for hydroxylation is 1. The highest BCUT2D eigenvalue weighted by atomic mass is 28.4. The van der Waals surface area contributed by atoms with E-state index in [1.54, 1.807) is 18.5 Å². The minimum absolute atomic E-state index is 0.636. The quantitative estimate of drug-likeness (QED) is 0.629. The van der Waals surface area contributed by atoms with Crippen LogP contribution in [0.4, 0.5) is 5.69 Å². The molecule has 0 saturated heterocycles. The Kier molecular flexibility index (Phi) is 4.52. The van der Waals surface area contributed by atoms with Gasteiger partial charge in [-0.3, -0.25) is 0 Å². The van der Waals surface area contributed by atoms with Gasteiger partial charge in [0.05, 0.1) is 5.71 Å². The van der Waals surface area contributed by atoms with Crippen LogP contribution in [0.1, 0.15) is 18.3 Å². The molecule has 0 aliphatic heterocycles. The van der Waals surface area contributed by atoms with E-state index in [4.69, 9.17) is 4.43 Å². The predicted octanol–water partition coefficient (Wildman–Crippen LogP) is 4.14. The van der Waals surface area contributed by atoms with Gasteiger partial charge in [-0.1, -0.05) is 6.07 Å². The van der Waals surface area contributed by atoms with Crippen LogP contribution in [0.5, 0.6) is 5.75 Å². The van der Waals surface area contributed by atoms with Gasteiger partial charge in [-0.15, -0.1) is 0 Å². The van der Waals surface area contributed by atoms with Gasteiger partial charge in [-0.2, -0.15) is 0 Å². The molecule has 0 N–H and O–H groups in total. The predicted molar refractivity (Wildman–Crippen MR) is 89.1 cm³/mol. The van der Waals surface area contributed by atoms with Crippen molar-refractivity contribution in [2.24, 2.45) is 4.99 Å². The number of hydrogen-bond donors (Lipinski definition) is 0. The smallest absolute Gasteiger partial charge is 0.242 e. The van der Waals surface area contributed by atoms with E-state index in [1.807, 2.05) is 25.1 Å². The van der Waals surface area contributed by atoms with Gasteiger partial charge in [0, 0.05) is 12.4 Å². The van der Waals surface area contributed by atoms with Crippen molar-refractivity contribution in [3.05, 3.63) is 48.0 Å². The highest BCUT2D eigenvalue weighted by molar-refractivity contribution is 6.70. The summed E-state index contributed by atoms with van der Waals surface area (Å²) >= 11 is 0. The fourth-order valence-corrected chi connectivity index (χ4v) is 2.67. The molecular weight excluding hydrogens is 278 g/mol. The molecule has 5 heteroatoms. The van der Waals surface area contributed by atoms with Gasteiger partial charge in [0.25, 0.3) is 0 Å². The normalized spacial score (nSPS) is 12.3. The second kappa shape index (κ2) is 6.18. The van der Waals surface area contributed by atoms with Crippen molar-refractivity contribution in [2.45, 2.75) is 33.5 Å². The summed E-state index contributed by atoms with van der Waals surface area (Å²) in [5, 5.41) is 0. The Morgan fingerprint density at radius 2 is 1.81 bits per heavy atom. The molecular formula is C16H21N3OSi. The molecule has 2 rings (SSSR count). The molecule has 0 aliphatic carbocycles. The third kappa shape index (κ3) is 4.49. The molecule has 0 fully saturated rings. The fourth-order valence-electron chi connectivity index (χ4n) is 1.84. The van der Waals surface area contributed by atoms with Crippen LogP contribution in [0.2, 0.25) is 19.6 Å². The van der Waals surface area contributed by atoms with Crippen molar-refractivity contribution in [3.8, 4) is 5.75 Å². The molecule has 4 nitrogen and oxygen atoms in total. The van der Waals surface area contributed by atoms with Gasteiger partial charge in [0.1, 0.15) is 11.4 Å². The average Bonchev–Trinajstić information content (AvgIpc) is 2.41. The number of rotatable bonds is 4. The molecule has 0 aliphatic rings. The van der Waals surface area contributed by atoms with E-state index in [-0.39, 0.29) is 0 Å². The highest BCUT2D eigenvalue weighted by Gasteiger charge is 2.18. The Morgan fingerprint density at radius 1 is 1.14 bits per heavy atom. The minimum Gasteiger partial charge on any atom is -0.543 e. The van der Waals surface area contributed by atoms with Crippen molar-refractivity contribution in [3.63, 3.8) is 0 Å². The van der Waals surface area contributed by atoms with E-state index < -0.39 is 8.32 Å². The van der Waals surface area contributed by atoms with Crippen LogP contribution in [0.15, 0.2) is 41.7 Å². The second-order valence-corrected chi connectivity index (χ2v) is 10.4. The SMILES string of the molecule is C/C(=N/c1ccc(C)cc1O[Si](C)(C)C)c1ncccn1. The van der Waals surface area contributed by atoms with Crippen molar-refractivity contribution >= 4 is 19.7 Å². The second-order valence-electron chi connectivity index (χ2n) is 5.96. The molecule has 0 amide bonds. The summed E-state index contributed by atoms with van der Waals surface area (Å²) in [6.45, 7) is 10.5. The lowest BCUT2D eigenvalue weighted by Crippen LogP contribution is -2.29. The van der Waals surface area contributed by atoms with Crippen LogP contribution in [0.3, 0.4) is 0 Å². The van der Waals surface area contributed by atoms with Gasteiger partial charge < -0.3 is 4.43 Å². The molecule has 0 bridgehead atoms. The summed E-state index contributed by atoms with van der Waals surface area (Å²) in [6, 6.07) is 7.85. The largest absolute Gasteiger partial charge is 0.543 e. The first-order chi connectivity index (χ1) is 9.85. The van der Waals surface area contributed by atoms with Crippen LogP contribution in [0, 0.1) is 6.92 Å². The first-order valence-corrected chi connectivity index (χ1v) is 10.4. The first kappa shape index (κ1) is 15.4. The molecule has 110 valence electrons. The summed E-state index contributed by atoms with van der Waals surface area (Å²) in [6.07, 6.45) is 3.44. The number of nitrogens with zero attached hydrogens (tertiary/aromatic N) is 3. The summed E-state index contributed by atoms with van der Waals surface area (Å²) < 4.78 is 6.14. The van der Waals surface area contributed by atoms with Crippen LogP contribution < -0.4 is 4.43 Å². The minimum atomic E-state index is -1.68. The number of aromatic nitrogens is 2. The molecule has 0 atom stereocenters. The fraction of sp³-hybridized carbons (Fsp3) is 0.312. The maximum atomic E-state index is 6.14. The zero-order valence-electron chi connectivity index (χ0n) is 13.2. The van der Waals surface area contributed by atoms with E-state index in [0.717, 1.165) is 22.7 Å². The lowest BCUT2D eigenvalue weighted by atomic mass is 10.2. The topological polar surface area (TPSA) is 47.4 Å². The van der Waals surface area contributed by atoms with Crippen LogP contribution in [0.25, 0.3) is 0 Å². The van der Waals surface area contributed by atoms with Crippen LogP contribution in [-0.4, -0.2) is 24.0 Å². The Morgan fingerprint density at radius 3 is 2.43 bits per heavy atom. The van der Waals surface area contributed by atoms with E-state index in [1.165, 1.54) is 0 Å². The maximum Gasteiger partial charge on any atom is 0.242 e. The van der Waals surface area contributed by atoms with Crippen molar-refractivity contribution in [1.29, 1.82) is 0 Å². The summed E-state index contributed by atoms with van der Waals surface area (Å²) in [5.74, 6) is 1.47. The monoisotopic (exact) mass is 299 g/mol. The summed E-state index contributed by atoms with van der Waals surface area (Å²) in [4.78, 5) is 13.1. The molecule has 0 unspecified atom stereocenters. The van der Waals surface area contributed by atoms with E-state index in [9.17, 15) is 0 Å². The third-order valence-corrected chi connectivity index (χ3v) is 3.54. The van der Waals surface area contributed by atoms with Gasteiger partial charge in [-0.05, 0) is 57.3 Å². The van der Waals surface area contributed by atoms with Crippen LogP contribution in [-0.2, 0) is 0 Å². The zero-order chi connectivity index (χ0) is 15.5. The van der Waals surface area contributed by atoms with Crippen molar-refractivity contribution < 1.29 is 4.43 Å². The Hall–Kier alpha value is -2.01. The van der Waals surface area contributed by atoms with E-state index >= 15 is 0 Å². The molecule has 1 aromatic carbocycles. The number of benzene rings is 1. The molecule has 1 aromatic heterocycles. The van der Waals surface area contributed by atoms with Gasteiger partial charge >= 0.3 is 0 Å². The summed E-state index contributed by atoms with van der Waals surface area (Å²) in [5.41, 5.74) is 2.77. The van der Waals surface area contributed by atoms with Crippen molar-refractivity contribution in [1.82, 2.24) is 9.97 Å². The number of aliphatic imine (C=N–C) groups is 1. The lowest BCUT2D eigenvalue weighted by molar-refractivity contribution is 0.558. The Balaban J connectivity index is 2.40. The standard InChI is InChI=1S/C16H21N3OSi/c1-12-7-8-14(15(11-12)20-21(3,4)5)19-13(2)16-17-9-6-10-18-16/h6-11H,1-5H3/b19-13-. The molecule has 0 radical (unpaired) electrons. The van der Waals surface area contributed by atoms with Gasteiger partial charge in [0.2, 0.25) is 8.32 Å².